The minimum Gasteiger partial charge on any atom is -0.494 e. The van der Waals surface area contributed by atoms with Crippen LogP contribution in [0.25, 0.3) is 0 Å². The van der Waals surface area contributed by atoms with Gasteiger partial charge >= 0.3 is 0 Å². The fraction of sp³-hybridized carbons (Fsp3) is 0.133. The molecule has 1 aromatic carbocycles. The first-order chi connectivity index (χ1) is 9.79. The van der Waals surface area contributed by atoms with Crippen molar-refractivity contribution in [1.82, 2.24) is 10.4 Å². The molecule has 1 aromatic heterocycles. The summed E-state index contributed by atoms with van der Waals surface area (Å²) < 4.78 is 5.34. The lowest BCUT2D eigenvalue weighted by Gasteiger charge is -2.02. The van der Waals surface area contributed by atoms with Crippen molar-refractivity contribution < 1.29 is 9.53 Å². The molecule has 0 unspecified atom stereocenters. The minimum atomic E-state index is -0.340. The van der Waals surface area contributed by atoms with Crippen LogP contribution in [0.3, 0.4) is 0 Å². The molecule has 0 aliphatic rings. The van der Waals surface area contributed by atoms with Gasteiger partial charge in [-0.3, -0.25) is 9.78 Å². The lowest BCUT2D eigenvalue weighted by atomic mass is 10.2. The second kappa shape index (κ2) is 7.04. The molecule has 0 aliphatic heterocycles. The molecule has 5 heteroatoms. The van der Waals surface area contributed by atoms with Crippen molar-refractivity contribution in [2.75, 3.05) is 6.61 Å². The molecule has 0 saturated carbocycles. The fourth-order valence-electron chi connectivity index (χ4n) is 1.54. The quantitative estimate of drug-likeness (QED) is 0.669. The van der Waals surface area contributed by atoms with Crippen molar-refractivity contribution in [3.63, 3.8) is 0 Å². The summed E-state index contributed by atoms with van der Waals surface area (Å²) in [6.45, 7) is 2.57. The molecule has 2 rings (SSSR count). The summed E-state index contributed by atoms with van der Waals surface area (Å²) >= 11 is 0. The lowest BCUT2D eigenvalue weighted by Crippen LogP contribution is -2.18. The highest BCUT2D eigenvalue weighted by Gasteiger charge is 2.03. The van der Waals surface area contributed by atoms with E-state index in [0.717, 1.165) is 11.3 Å². The number of hydrogen-bond donors (Lipinski definition) is 1. The van der Waals surface area contributed by atoms with Gasteiger partial charge in [-0.1, -0.05) is 6.07 Å². The van der Waals surface area contributed by atoms with E-state index in [1.165, 1.54) is 0 Å². The van der Waals surface area contributed by atoms with Crippen molar-refractivity contribution in [1.29, 1.82) is 0 Å². The largest absolute Gasteiger partial charge is 0.494 e. The number of carbonyl (C=O) groups excluding carboxylic acids is 1. The summed E-state index contributed by atoms with van der Waals surface area (Å²) in [7, 11) is 0. The van der Waals surface area contributed by atoms with Gasteiger partial charge in [0.15, 0.2) is 0 Å². The second-order valence-corrected chi connectivity index (χ2v) is 3.92. The van der Waals surface area contributed by atoms with Gasteiger partial charge in [0.25, 0.3) is 5.91 Å². The molecule has 0 bridgehead atoms. The predicted octanol–water partition coefficient (Wildman–Crippen LogP) is 2.24. The molecule has 1 amide bonds. The van der Waals surface area contributed by atoms with Gasteiger partial charge in [0.1, 0.15) is 11.4 Å². The first-order valence-corrected chi connectivity index (χ1v) is 6.27. The first-order valence-electron chi connectivity index (χ1n) is 6.27. The molecule has 0 fully saturated rings. The standard InChI is InChI=1S/C15H15N3O2/c1-2-20-13-8-6-12(7-9-13)11-17-18-15(19)14-5-3-4-10-16-14/h3-11H,2H2,1H3,(H,18,19)/b17-11-. The van der Waals surface area contributed by atoms with E-state index in [1.807, 2.05) is 31.2 Å². The van der Waals surface area contributed by atoms with Crippen LogP contribution in [0.1, 0.15) is 23.0 Å². The Morgan fingerprint density at radius 2 is 2.10 bits per heavy atom. The Hall–Kier alpha value is -2.69. The van der Waals surface area contributed by atoms with Crippen molar-refractivity contribution in [3.8, 4) is 5.75 Å². The summed E-state index contributed by atoms with van der Waals surface area (Å²) in [5, 5.41) is 3.89. The third kappa shape index (κ3) is 3.91. The number of nitrogens with zero attached hydrogens (tertiary/aromatic N) is 2. The third-order valence-corrected chi connectivity index (χ3v) is 2.47. The topological polar surface area (TPSA) is 63.6 Å². The van der Waals surface area contributed by atoms with Gasteiger partial charge in [0.05, 0.1) is 12.8 Å². The lowest BCUT2D eigenvalue weighted by molar-refractivity contribution is 0.0950. The Morgan fingerprint density at radius 3 is 2.75 bits per heavy atom. The number of benzene rings is 1. The Balaban J connectivity index is 1.91. The van der Waals surface area contributed by atoms with E-state index in [2.05, 4.69) is 15.5 Å². The number of nitrogens with one attached hydrogen (secondary N) is 1. The van der Waals surface area contributed by atoms with Gasteiger partial charge in [0.2, 0.25) is 0 Å². The molecule has 0 aliphatic carbocycles. The van der Waals surface area contributed by atoms with Crippen LogP contribution in [-0.2, 0) is 0 Å². The highest BCUT2D eigenvalue weighted by Crippen LogP contribution is 2.10. The smallest absolute Gasteiger partial charge is 0.289 e. The Kier molecular flexibility index (Phi) is 4.83. The second-order valence-electron chi connectivity index (χ2n) is 3.92. The minimum absolute atomic E-state index is 0.330. The maximum absolute atomic E-state index is 11.7. The Labute approximate surface area is 117 Å². The molecule has 1 N–H and O–H groups in total. The van der Waals surface area contributed by atoms with Crippen LogP contribution >= 0.6 is 0 Å². The SMILES string of the molecule is CCOc1ccc(/C=N\NC(=O)c2ccccn2)cc1. The van der Waals surface area contributed by atoms with Crippen molar-refractivity contribution in [2.24, 2.45) is 5.10 Å². The summed E-state index contributed by atoms with van der Waals surface area (Å²) in [6, 6.07) is 12.6. The number of ether oxygens (including phenoxy) is 1. The number of pyridine rings is 1. The van der Waals surface area contributed by atoms with Crippen molar-refractivity contribution >= 4 is 12.1 Å². The zero-order valence-electron chi connectivity index (χ0n) is 11.1. The number of rotatable bonds is 5. The van der Waals surface area contributed by atoms with E-state index >= 15 is 0 Å². The summed E-state index contributed by atoms with van der Waals surface area (Å²) in [6.07, 6.45) is 3.13. The molecule has 102 valence electrons. The highest BCUT2D eigenvalue weighted by atomic mass is 16.5. The van der Waals surface area contributed by atoms with Crippen LogP contribution < -0.4 is 10.2 Å². The van der Waals surface area contributed by atoms with Crippen LogP contribution in [0.2, 0.25) is 0 Å². The highest BCUT2D eigenvalue weighted by molar-refractivity contribution is 5.93. The monoisotopic (exact) mass is 269 g/mol. The predicted molar refractivity (Wildman–Crippen MR) is 76.9 cm³/mol. The molecule has 1 heterocycles. The maximum atomic E-state index is 11.7. The van der Waals surface area contributed by atoms with Crippen LogP contribution in [0.4, 0.5) is 0 Å². The molecule has 0 saturated heterocycles. The van der Waals surface area contributed by atoms with E-state index < -0.39 is 0 Å². The van der Waals surface area contributed by atoms with Gasteiger partial charge in [-0.2, -0.15) is 5.10 Å². The fourth-order valence-corrected chi connectivity index (χ4v) is 1.54. The summed E-state index contributed by atoms with van der Waals surface area (Å²) in [5.74, 6) is 0.468. The maximum Gasteiger partial charge on any atom is 0.289 e. The average molecular weight is 269 g/mol. The zero-order chi connectivity index (χ0) is 14.2. The number of amides is 1. The summed E-state index contributed by atoms with van der Waals surface area (Å²) in [4.78, 5) is 15.6. The molecular weight excluding hydrogens is 254 g/mol. The van der Waals surface area contributed by atoms with Gasteiger partial charge in [-0.15, -0.1) is 0 Å². The van der Waals surface area contributed by atoms with Crippen molar-refractivity contribution in [2.45, 2.75) is 6.92 Å². The van der Waals surface area contributed by atoms with E-state index in [4.69, 9.17) is 4.74 Å². The van der Waals surface area contributed by atoms with Gasteiger partial charge in [-0.25, -0.2) is 5.43 Å². The number of aromatic nitrogens is 1. The van der Waals surface area contributed by atoms with E-state index in [0.29, 0.717) is 12.3 Å². The van der Waals surface area contributed by atoms with Crippen molar-refractivity contribution in [3.05, 3.63) is 59.9 Å². The summed E-state index contributed by atoms with van der Waals surface area (Å²) in [5.41, 5.74) is 3.62. The Bertz CT molecular complexity index is 580. The number of hydrazone groups is 1. The third-order valence-electron chi connectivity index (χ3n) is 2.47. The molecule has 20 heavy (non-hydrogen) atoms. The van der Waals surface area contributed by atoms with Gasteiger partial charge in [-0.05, 0) is 48.9 Å². The van der Waals surface area contributed by atoms with E-state index in [9.17, 15) is 4.79 Å². The van der Waals surface area contributed by atoms with Crippen LogP contribution in [0.5, 0.6) is 5.75 Å². The number of hydrogen-bond acceptors (Lipinski definition) is 4. The normalized spacial score (nSPS) is 10.4. The molecule has 0 radical (unpaired) electrons. The average Bonchev–Trinajstić information content (AvgIpc) is 2.50. The van der Waals surface area contributed by atoms with E-state index in [1.54, 1.807) is 30.6 Å². The Morgan fingerprint density at radius 1 is 1.30 bits per heavy atom. The van der Waals surface area contributed by atoms with E-state index in [-0.39, 0.29) is 5.91 Å². The van der Waals surface area contributed by atoms with Gasteiger partial charge < -0.3 is 4.74 Å². The molecular formula is C15H15N3O2. The zero-order valence-corrected chi connectivity index (χ0v) is 11.1. The molecule has 2 aromatic rings. The van der Waals surface area contributed by atoms with Crippen LogP contribution in [-0.4, -0.2) is 23.7 Å². The van der Waals surface area contributed by atoms with Crippen LogP contribution in [0.15, 0.2) is 53.8 Å². The molecule has 0 spiro atoms. The first kappa shape index (κ1) is 13.7. The van der Waals surface area contributed by atoms with Gasteiger partial charge in [0, 0.05) is 6.20 Å². The molecule has 5 nitrogen and oxygen atoms in total. The number of carbonyl (C=O) groups is 1. The van der Waals surface area contributed by atoms with Crippen LogP contribution in [0, 0.1) is 0 Å². The molecule has 0 atom stereocenters.